The number of hydrogen-bond donors (Lipinski definition) is 1. The summed E-state index contributed by atoms with van der Waals surface area (Å²) in [6.07, 6.45) is 5.14. The van der Waals surface area contributed by atoms with Crippen LogP contribution in [0.2, 0.25) is 0 Å². The Morgan fingerprint density at radius 3 is 2.81 bits per heavy atom. The number of likely N-dealkylation sites (tertiary alicyclic amines) is 1. The first-order chi connectivity index (χ1) is 10.1. The standard InChI is InChI=1S/C15H18N2O4/c18-14(11-6-12(21-16-11)8-4-5-8)17-7-9-2-1-3-10(9)13(17)15(19)20/h6,8-10,13H,1-5,7H2,(H,19,20). The molecule has 21 heavy (non-hydrogen) atoms. The lowest BCUT2D eigenvalue weighted by Crippen LogP contribution is -2.43. The van der Waals surface area contributed by atoms with Crippen molar-refractivity contribution in [2.24, 2.45) is 11.8 Å². The monoisotopic (exact) mass is 290 g/mol. The summed E-state index contributed by atoms with van der Waals surface area (Å²) in [6, 6.07) is 0.985. The molecule has 3 fully saturated rings. The third-order valence-electron chi connectivity index (χ3n) is 5.13. The zero-order valence-corrected chi connectivity index (χ0v) is 11.7. The summed E-state index contributed by atoms with van der Waals surface area (Å²) in [5.41, 5.74) is 0.253. The summed E-state index contributed by atoms with van der Waals surface area (Å²) in [6.45, 7) is 0.534. The van der Waals surface area contributed by atoms with Crippen LogP contribution < -0.4 is 0 Å². The minimum absolute atomic E-state index is 0.0984. The molecule has 112 valence electrons. The molecule has 1 amide bonds. The van der Waals surface area contributed by atoms with Crippen LogP contribution in [0.3, 0.4) is 0 Å². The fourth-order valence-corrected chi connectivity index (χ4v) is 3.93. The van der Waals surface area contributed by atoms with Crippen molar-refractivity contribution in [3.8, 4) is 0 Å². The van der Waals surface area contributed by atoms with Gasteiger partial charge in [-0.15, -0.1) is 0 Å². The maximum absolute atomic E-state index is 12.6. The number of carboxylic acid groups (broad SMARTS) is 1. The number of carbonyl (C=O) groups excluding carboxylic acids is 1. The quantitative estimate of drug-likeness (QED) is 0.918. The maximum Gasteiger partial charge on any atom is 0.326 e. The van der Waals surface area contributed by atoms with Crippen molar-refractivity contribution < 1.29 is 19.2 Å². The van der Waals surface area contributed by atoms with Gasteiger partial charge in [-0.2, -0.15) is 0 Å². The molecule has 1 aromatic heterocycles. The third-order valence-corrected chi connectivity index (χ3v) is 5.13. The predicted octanol–water partition coefficient (Wildman–Crippen LogP) is 1.88. The summed E-state index contributed by atoms with van der Waals surface area (Å²) in [5, 5.41) is 13.3. The van der Waals surface area contributed by atoms with Crippen LogP contribution in [-0.4, -0.2) is 39.6 Å². The SMILES string of the molecule is O=C(O)C1C2CCCC2CN1C(=O)c1cc(C2CC2)on1. The Balaban J connectivity index is 1.58. The van der Waals surface area contributed by atoms with E-state index < -0.39 is 12.0 Å². The molecule has 6 nitrogen and oxygen atoms in total. The van der Waals surface area contributed by atoms with Gasteiger partial charge in [0, 0.05) is 18.5 Å². The van der Waals surface area contributed by atoms with Crippen molar-refractivity contribution in [2.45, 2.75) is 44.1 Å². The number of fused-ring (bicyclic) bond motifs is 1. The first-order valence-electron chi connectivity index (χ1n) is 7.65. The molecule has 1 aliphatic heterocycles. The molecule has 2 heterocycles. The van der Waals surface area contributed by atoms with Crippen LogP contribution >= 0.6 is 0 Å². The van der Waals surface area contributed by atoms with E-state index in [1.165, 1.54) is 4.90 Å². The van der Waals surface area contributed by atoms with Crippen LogP contribution in [0.5, 0.6) is 0 Å². The molecule has 0 aromatic carbocycles. The molecule has 2 aliphatic carbocycles. The summed E-state index contributed by atoms with van der Waals surface area (Å²) in [4.78, 5) is 25.7. The van der Waals surface area contributed by atoms with Crippen molar-refractivity contribution in [1.29, 1.82) is 0 Å². The van der Waals surface area contributed by atoms with Crippen molar-refractivity contribution in [3.63, 3.8) is 0 Å². The van der Waals surface area contributed by atoms with E-state index in [1.54, 1.807) is 6.07 Å². The molecule has 0 spiro atoms. The normalized spacial score (nSPS) is 31.4. The van der Waals surface area contributed by atoms with E-state index in [0.29, 0.717) is 18.4 Å². The highest BCUT2D eigenvalue weighted by Crippen LogP contribution is 2.43. The van der Waals surface area contributed by atoms with Gasteiger partial charge in [-0.3, -0.25) is 4.79 Å². The van der Waals surface area contributed by atoms with Crippen LogP contribution in [0.25, 0.3) is 0 Å². The predicted molar refractivity (Wildman–Crippen MR) is 71.8 cm³/mol. The van der Waals surface area contributed by atoms with E-state index >= 15 is 0 Å². The van der Waals surface area contributed by atoms with Gasteiger partial charge in [0.2, 0.25) is 0 Å². The van der Waals surface area contributed by atoms with E-state index in [9.17, 15) is 14.7 Å². The van der Waals surface area contributed by atoms with Crippen molar-refractivity contribution in [3.05, 3.63) is 17.5 Å². The number of aromatic nitrogens is 1. The van der Waals surface area contributed by atoms with Crippen molar-refractivity contribution in [2.75, 3.05) is 6.54 Å². The number of carbonyl (C=O) groups is 2. The zero-order chi connectivity index (χ0) is 14.6. The van der Waals surface area contributed by atoms with Gasteiger partial charge in [0.15, 0.2) is 5.69 Å². The highest BCUT2D eigenvalue weighted by Gasteiger charge is 2.50. The fourth-order valence-electron chi connectivity index (χ4n) is 3.93. The first kappa shape index (κ1) is 12.9. The highest BCUT2D eigenvalue weighted by atomic mass is 16.5. The molecular weight excluding hydrogens is 272 g/mol. The molecule has 1 N–H and O–H groups in total. The number of aliphatic carboxylic acids is 1. The molecule has 1 saturated heterocycles. The van der Waals surface area contributed by atoms with Crippen LogP contribution in [0.4, 0.5) is 0 Å². The third kappa shape index (κ3) is 2.04. The second kappa shape index (κ2) is 4.58. The molecule has 3 aliphatic rings. The lowest BCUT2D eigenvalue weighted by Gasteiger charge is -2.23. The Hall–Kier alpha value is -1.85. The van der Waals surface area contributed by atoms with Crippen LogP contribution in [0.1, 0.15) is 54.3 Å². The fraction of sp³-hybridized carbons (Fsp3) is 0.667. The second-order valence-electron chi connectivity index (χ2n) is 6.48. The Bertz CT molecular complexity index is 592. The van der Waals surface area contributed by atoms with E-state index in [-0.39, 0.29) is 17.5 Å². The average molecular weight is 290 g/mol. The van der Waals surface area contributed by atoms with Crippen LogP contribution in [0, 0.1) is 11.8 Å². The Kier molecular flexibility index (Phi) is 2.80. The molecule has 2 saturated carbocycles. The number of hydrogen-bond acceptors (Lipinski definition) is 4. The molecule has 6 heteroatoms. The van der Waals surface area contributed by atoms with Gasteiger partial charge in [0.1, 0.15) is 11.8 Å². The summed E-state index contributed by atoms with van der Waals surface area (Å²) in [7, 11) is 0. The van der Waals surface area contributed by atoms with Gasteiger partial charge in [0.25, 0.3) is 5.91 Å². The summed E-state index contributed by atoms with van der Waals surface area (Å²) >= 11 is 0. The van der Waals surface area contributed by atoms with Gasteiger partial charge in [-0.05, 0) is 37.5 Å². The van der Waals surface area contributed by atoms with E-state index in [1.807, 2.05) is 0 Å². The van der Waals surface area contributed by atoms with Crippen LogP contribution in [-0.2, 0) is 4.79 Å². The molecule has 0 radical (unpaired) electrons. The molecule has 3 atom stereocenters. The van der Waals surface area contributed by atoms with Gasteiger partial charge in [0.05, 0.1) is 0 Å². The Morgan fingerprint density at radius 2 is 2.10 bits per heavy atom. The molecule has 0 bridgehead atoms. The molecule has 1 aromatic rings. The maximum atomic E-state index is 12.6. The number of amides is 1. The van der Waals surface area contributed by atoms with Crippen LogP contribution in [0.15, 0.2) is 10.6 Å². The number of carboxylic acids is 1. The van der Waals surface area contributed by atoms with Crippen molar-refractivity contribution >= 4 is 11.9 Å². The van der Waals surface area contributed by atoms with E-state index in [0.717, 1.165) is 37.9 Å². The minimum Gasteiger partial charge on any atom is -0.480 e. The number of nitrogens with zero attached hydrogens (tertiary/aromatic N) is 2. The van der Waals surface area contributed by atoms with Crippen molar-refractivity contribution in [1.82, 2.24) is 10.1 Å². The van der Waals surface area contributed by atoms with E-state index in [2.05, 4.69) is 5.16 Å². The molecule has 4 rings (SSSR count). The lowest BCUT2D eigenvalue weighted by atomic mass is 9.94. The van der Waals surface area contributed by atoms with Gasteiger partial charge >= 0.3 is 5.97 Å². The molecule has 3 unspecified atom stereocenters. The Morgan fingerprint density at radius 1 is 1.29 bits per heavy atom. The minimum atomic E-state index is -0.899. The smallest absolute Gasteiger partial charge is 0.326 e. The highest BCUT2D eigenvalue weighted by molar-refractivity contribution is 5.95. The largest absolute Gasteiger partial charge is 0.480 e. The Labute approximate surface area is 122 Å². The zero-order valence-electron chi connectivity index (χ0n) is 11.7. The molecular formula is C15H18N2O4. The summed E-state index contributed by atoms with van der Waals surface area (Å²) < 4.78 is 5.21. The average Bonchev–Trinajstić information content (AvgIpc) is 2.90. The van der Waals surface area contributed by atoms with Gasteiger partial charge in [-0.25, -0.2) is 4.79 Å². The van der Waals surface area contributed by atoms with Gasteiger partial charge in [-0.1, -0.05) is 11.6 Å². The first-order valence-corrected chi connectivity index (χ1v) is 7.65. The lowest BCUT2D eigenvalue weighted by molar-refractivity contribution is -0.142. The summed E-state index contributed by atoms with van der Waals surface area (Å²) in [5.74, 6) is 0.374. The second-order valence-corrected chi connectivity index (χ2v) is 6.48. The van der Waals surface area contributed by atoms with Gasteiger partial charge < -0.3 is 14.5 Å². The topological polar surface area (TPSA) is 83.6 Å². The van der Waals surface area contributed by atoms with E-state index in [4.69, 9.17) is 4.52 Å². The number of rotatable bonds is 3.